The maximum atomic E-state index is 6.01. The van der Waals surface area contributed by atoms with E-state index in [2.05, 4.69) is 6.92 Å². The van der Waals surface area contributed by atoms with Gasteiger partial charge in [0.25, 0.3) is 0 Å². The Morgan fingerprint density at radius 3 is 2.78 bits per heavy atom. The van der Waals surface area contributed by atoms with Gasteiger partial charge in [-0.3, -0.25) is 0 Å². The Morgan fingerprint density at radius 2 is 2.06 bits per heavy atom. The first-order valence-corrected chi connectivity index (χ1v) is 7.19. The van der Waals surface area contributed by atoms with E-state index >= 15 is 0 Å². The summed E-state index contributed by atoms with van der Waals surface area (Å²) in [6, 6.07) is 0. The molecule has 4 nitrogen and oxygen atoms in total. The van der Waals surface area contributed by atoms with Crippen LogP contribution in [0.15, 0.2) is 0 Å². The molecule has 0 N–H and O–H groups in total. The molecule has 1 saturated carbocycles. The van der Waals surface area contributed by atoms with Crippen LogP contribution in [0.25, 0.3) is 0 Å². The Kier molecular flexibility index (Phi) is 3.17. The molecule has 4 aliphatic rings. The van der Waals surface area contributed by atoms with Gasteiger partial charge in [0.2, 0.25) is 5.79 Å². The van der Waals surface area contributed by atoms with Crippen molar-refractivity contribution in [1.29, 1.82) is 0 Å². The second-order valence-corrected chi connectivity index (χ2v) is 6.23. The van der Waals surface area contributed by atoms with Crippen molar-refractivity contribution in [1.82, 2.24) is 0 Å². The highest BCUT2D eigenvalue weighted by Crippen LogP contribution is 2.53. The fourth-order valence-corrected chi connectivity index (χ4v) is 3.84. The van der Waals surface area contributed by atoms with E-state index in [9.17, 15) is 0 Å². The molecule has 0 aromatic rings. The summed E-state index contributed by atoms with van der Waals surface area (Å²) in [4.78, 5) is 11.4. The molecule has 18 heavy (non-hydrogen) atoms. The number of fused-ring (bicyclic) bond motifs is 3. The molecule has 4 rings (SSSR count). The van der Waals surface area contributed by atoms with Crippen molar-refractivity contribution in [2.45, 2.75) is 70.1 Å². The molecule has 3 heterocycles. The Morgan fingerprint density at radius 1 is 1.22 bits per heavy atom. The predicted octanol–water partition coefficient (Wildman–Crippen LogP) is 3.01. The lowest BCUT2D eigenvalue weighted by atomic mass is 9.68. The molecule has 0 aromatic carbocycles. The minimum Gasteiger partial charge on any atom is -0.353 e. The molecule has 4 heteroatoms. The SMILES string of the molecule is CCC1CCC23OOC(C)(CCC2C1)OC3OC. The Hall–Kier alpha value is -0.160. The van der Waals surface area contributed by atoms with Crippen molar-refractivity contribution in [3.63, 3.8) is 0 Å². The summed E-state index contributed by atoms with van der Waals surface area (Å²) >= 11 is 0. The molecule has 4 fully saturated rings. The maximum absolute atomic E-state index is 6.01. The van der Waals surface area contributed by atoms with Crippen LogP contribution < -0.4 is 0 Å². The molecule has 5 atom stereocenters. The first-order valence-electron chi connectivity index (χ1n) is 7.19. The van der Waals surface area contributed by atoms with E-state index in [0.29, 0.717) is 5.92 Å². The molecular formula is C14H24O4. The minimum absolute atomic E-state index is 0.290. The van der Waals surface area contributed by atoms with Gasteiger partial charge in [-0.1, -0.05) is 13.3 Å². The van der Waals surface area contributed by atoms with E-state index in [1.165, 1.54) is 19.3 Å². The molecule has 2 bridgehead atoms. The third-order valence-corrected chi connectivity index (χ3v) is 5.12. The maximum Gasteiger partial charge on any atom is 0.201 e. The second kappa shape index (κ2) is 4.44. The average Bonchev–Trinajstić information content (AvgIpc) is 2.62. The van der Waals surface area contributed by atoms with Gasteiger partial charge in [-0.2, -0.15) is 0 Å². The zero-order valence-corrected chi connectivity index (χ0v) is 11.6. The fraction of sp³-hybridized carbons (Fsp3) is 1.00. The van der Waals surface area contributed by atoms with E-state index in [1.807, 2.05) is 6.92 Å². The second-order valence-electron chi connectivity index (χ2n) is 6.23. The highest BCUT2D eigenvalue weighted by atomic mass is 17.3. The summed E-state index contributed by atoms with van der Waals surface area (Å²) in [7, 11) is 1.70. The molecule has 0 amide bonds. The third kappa shape index (κ3) is 1.82. The Bertz CT molecular complexity index is 321. The molecule has 0 radical (unpaired) electrons. The topological polar surface area (TPSA) is 36.9 Å². The monoisotopic (exact) mass is 256 g/mol. The van der Waals surface area contributed by atoms with Crippen LogP contribution in [0, 0.1) is 11.8 Å². The zero-order valence-electron chi connectivity index (χ0n) is 11.6. The van der Waals surface area contributed by atoms with Crippen molar-refractivity contribution in [2.24, 2.45) is 11.8 Å². The standard InChI is InChI=1S/C14H24O4/c1-4-10-5-8-14-11(9-10)6-7-13(2,17-18-14)16-12(14)15-3/h10-12H,4-9H2,1-3H3. The summed E-state index contributed by atoms with van der Waals surface area (Å²) in [6.07, 6.45) is 6.31. The van der Waals surface area contributed by atoms with Crippen molar-refractivity contribution in [3.05, 3.63) is 0 Å². The van der Waals surface area contributed by atoms with Crippen molar-refractivity contribution < 1.29 is 19.2 Å². The molecule has 0 aromatic heterocycles. The highest BCUT2D eigenvalue weighted by Gasteiger charge is 2.60. The number of rotatable bonds is 2. The van der Waals surface area contributed by atoms with Gasteiger partial charge >= 0.3 is 0 Å². The van der Waals surface area contributed by atoms with Gasteiger partial charge in [0.05, 0.1) is 0 Å². The van der Waals surface area contributed by atoms with E-state index in [1.54, 1.807) is 7.11 Å². The fourth-order valence-electron chi connectivity index (χ4n) is 3.84. The van der Waals surface area contributed by atoms with Crippen molar-refractivity contribution in [3.8, 4) is 0 Å². The summed E-state index contributed by atoms with van der Waals surface area (Å²) < 4.78 is 11.6. The van der Waals surface area contributed by atoms with Crippen LogP contribution in [-0.2, 0) is 19.2 Å². The van der Waals surface area contributed by atoms with Crippen LogP contribution in [0.1, 0.15) is 52.4 Å². The summed E-state index contributed by atoms with van der Waals surface area (Å²) in [5.41, 5.74) is -0.379. The van der Waals surface area contributed by atoms with Gasteiger partial charge in [-0.15, -0.1) is 0 Å². The molecule has 104 valence electrons. The predicted molar refractivity (Wildman–Crippen MR) is 65.5 cm³/mol. The van der Waals surface area contributed by atoms with Crippen LogP contribution in [0.4, 0.5) is 0 Å². The van der Waals surface area contributed by atoms with Crippen LogP contribution >= 0.6 is 0 Å². The van der Waals surface area contributed by atoms with Crippen molar-refractivity contribution in [2.75, 3.05) is 7.11 Å². The zero-order chi connectivity index (χ0) is 12.8. The normalized spacial score (nSPS) is 51.8. The number of ether oxygens (including phenoxy) is 2. The third-order valence-electron chi connectivity index (χ3n) is 5.12. The van der Waals surface area contributed by atoms with Gasteiger partial charge in [0.15, 0.2) is 11.9 Å². The smallest absolute Gasteiger partial charge is 0.201 e. The molecule has 1 spiro atoms. The van der Waals surface area contributed by atoms with Crippen LogP contribution in [-0.4, -0.2) is 24.8 Å². The number of methoxy groups -OCH3 is 1. The summed E-state index contributed by atoms with van der Waals surface area (Å²) in [5.74, 6) is 0.669. The lowest BCUT2D eigenvalue weighted by Gasteiger charge is -2.50. The van der Waals surface area contributed by atoms with Gasteiger partial charge in [0.1, 0.15) is 0 Å². The Labute approximate surface area is 109 Å². The first-order chi connectivity index (χ1) is 8.62. The molecule has 5 unspecified atom stereocenters. The number of hydrogen-bond acceptors (Lipinski definition) is 4. The molecule has 3 aliphatic heterocycles. The highest BCUT2D eigenvalue weighted by molar-refractivity contribution is 5.00. The lowest BCUT2D eigenvalue weighted by molar-refractivity contribution is -0.548. The first kappa shape index (κ1) is 12.9. The van der Waals surface area contributed by atoms with Crippen LogP contribution in [0.5, 0.6) is 0 Å². The van der Waals surface area contributed by atoms with Crippen LogP contribution in [0.3, 0.4) is 0 Å². The van der Waals surface area contributed by atoms with Gasteiger partial charge in [-0.05, 0) is 44.4 Å². The van der Waals surface area contributed by atoms with Gasteiger partial charge in [0, 0.05) is 13.5 Å². The van der Waals surface area contributed by atoms with E-state index in [0.717, 1.165) is 25.2 Å². The lowest BCUT2D eigenvalue weighted by Crippen LogP contribution is -2.60. The van der Waals surface area contributed by atoms with Gasteiger partial charge < -0.3 is 9.47 Å². The summed E-state index contributed by atoms with van der Waals surface area (Å²) in [6.45, 7) is 4.22. The van der Waals surface area contributed by atoms with Crippen LogP contribution in [0.2, 0.25) is 0 Å². The molecule has 1 aliphatic carbocycles. The van der Waals surface area contributed by atoms with Crippen molar-refractivity contribution >= 4 is 0 Å². The number of hydrogen-bond donors (Lipinski definition) is 0. The largest absolute Gasteiger partial charge is 0.353 e. The van der Waals surface area contributed by atoms with E-state index < -0.39 is 5.79 Å². The van der Waals surface area contributed by atoms with E-state index in [-0.39, 0.29) is 11.9 Å². The molecular weight excluding hydrogens is 232 g/mol. The Balaban J connectivity index is 1.90. The average molecular weight is 256 g/mol. The molecule has 3 saturated heterocycles. The van der Waals surface area contributed by atoms with E-state index in [4.69, 9.17) is 19.2 Å². The van der Waals surface area contributed by atoms with Gasteiger partial charge in [-0.25, -0.2) is 9.78 Å². The minimum atomic E-state index is -0.634. The summed E-state index contributed by atoms with van der Waals surface area (Å²) in [5, 5.41) is 0. The quantitative estimate of drug-likeness (QED) is 0.712.